The van der Waals surface area contributed by atoms with Crippen molar-refractivity contribution in [3.8, 4) is 5.88 Å². The van der Waals surface area contributed by atoms with E-state index in [0.29, 0.717) is 10.4 Å². The number of aromatic amines is 1. The molecule has 2 aliphatic rings. The summed E-state index contributed by atoms with van der Waals surface area (Å²) in [5, 5.41) is 14.5. The van der Waals surface area contributed by atoms with Crippen molar-refractivity contribution < 1.29 is 9.50 Å². The Morgan fingerprint density at radius 1 is 1.14 bits per heavy atom. The van der Waals surface area contributed by atoms with E-state index in [1.165, 1.54) is 11.8 Å². The summed E-state index contributed by atoms with van der Waals surface area (Å²) in [5.74, 6) is 0.691. The lowest BCUT2D eigenvalue weighted by Gasteiger charge is -2.62. The molecule has 8 heteroatoms. The molecular formula is C27H27ClFN5O. The number of fused-ring (bicyclic) bond motifs is 1. The summed E-state index contributed by atoms with van der Waals surface area (Å²) in [4.78, 5) is 12.3. The van der Waals surface area contributed by atoms with Crippen molar-refractivity contribution >= 4 is 39.7 Å². The van der Waals surface area contributed by atoms with E-state index in [9.17, 15) is 9.50 Å². The van der Waals surface area contributed by atoms with Gasteiger partial charge in [0.25, 0.3) is 0 Å². The normalized spacial score (nSPS) is 17.9. The zero-order valence-corrected chi connectivity index (χ0v) is 20.4. The number of anilines is 3. The van der Waals surface area contributed by atoms with Crippen molar-refractivity contribution in [2.45, 2.75) is 19.9 Å². The molecule has 3 N–H and O–H groups in total. The second kappa shape index (κ2) is 8.14. The summed E-state index contributed by atoms with van der Waals surface area (Å²) in [6.07, 6.45) is 1.83. The lowest BCUT2D eigenvalue weighted by molar-refractivity contribution is -0.0466. The summed E-state index contributed by atoms with van der Waals surface area (Å²) in [7, 11) is 0. The predicted octanol–water partition coefficient (Wildman–Crippen LogP) is 6.00. The maximum absolute atomic E-state index is 13.6. The first-order valence-corrected chi connectivity index (χ1v) is 12.2. The minimum atomic E-state index is -0.176. The number of nitrogens with one attached hydrogen (secondary N) is 2. The lowest BCUT2D eigenvalue weighted by atomic mass is 9.71. The molecule has 35 heavy (non-hydrogen) atoms. The van der Waals surface area contributed by atoms with Gasteiger partial charge in [-0.15, -0.1) is 0 Å². The van der Waals surface area contributed by atoms with Crippen molar-refractivity contribution in [1.82, 2.24) is 14.9 Å². The van der Waals surface area contributed by atoms with Crippen LogP contribution in [0.4, 0.5) is 21.6 Å². The minimum Gasteiger partial charge on any atom is -0.495 e. The molecule has 2 aromatic heterocycles. The minimum absolute atomic E-state index is 0.0851. The molecular weight excluding hydrogens is 465 g/mol. The van der Waals surface area contributed by atoms with Crippen molar-refractivity contribution in [3.05, 3.63) is 76.7 Å². The fourth-order valence-corrected chi connectivity index (χ4v) is 5.86. The molecule has 2 saturated heterocycles. The van der Waals surface area contributed by atoms with E-state index in [4.69, 9.17) is 11.6 Å². The number of hydrogen-bond acceptors (Lipinski definition) is 5. The van der Waals surface area contributed by atoms with Gasteiger partial charge in [-0.1, -0.05) is 23.7 Å². The van der Waals surface area contributed by atoms with Crippen molar-refractivity contribution in [1.29, 1.82) is 0 Å². The SMILES string of the molecule is Cc1c(N2CC3(C2)CN(C(C)c2cccc(F)c2)C3)ccnc1Nc1cc(Cl)c2cc(O)[nH]c2c1. The van der Waals surface area contributed by atoms with Gasteiger partial charge in [-0.2, -0.15) is 0 Å². The first-order chi connectivity index (χ1) is 16.8. The third-order valence-electron chi connectivity index (χ3n) is 7.46. The highest BCUT2D eigenvalue weighted by Gasteiger charge is 2.53. The van der Waals surface area contributed by atoms with E-state index in [1.807, 2.05) is 24.4 Å². The van der Waals surface area contributed by atoms with Gasteiger partial charge in [0.15, 0.2) is 5.88 Å². The molecule has 0 radical (unpaired) electrons. The molecule has 6 nitrogen and oxygen atoms in total. The Morgan fingerprint density at radius 2 is 1.94 bits per heavy atom. The van der Waals surface area contributed by atoms with Gasteiger partial charge < -0.3 is 20.3 Å². The Bertz CT molecular complexity index is 1420. The summed E-state index contributed by atoms with van der Waals surface area (Å²) in [5.41, 5.74) is 5.16. The van der Waals surface area contributed by atoms with Gasteiger partial charge in [0.2, 0.25) is 0 Å². The van der Waals surface area contributed by atoms with E-state index in [-0.39, 0.29) is 17.7 Å². The van der Waals surface area contributed by atoms with Crippen LogP contribution in [0.2, 0.25) is 5.02 Å². The highest BCUT2D eigenvalue weighted by atomic mass is 35.5. The second-order valence-corrected chi connectivity index (χ2v) is 10.4. The summed E-state index contributed by atoms with van der Waals surface area (Å²) in [6, 6.07) is 14.6. The molecule has 1 unspecified atom stereocenters. The summed E-state index contributed by atoms with van der Waals surface area (Å²) in [6.45, 7) is 8.29. The third kappa shape index (κ3) is 3.89. The first kappa shape index (κ1) is 22.2. The largest absolute Gasteiger partial charge is 0.495 e. The van der Waals surface area contributed by atoms with Crippen molar-refractivity contribution in [2.24, 2.45) is 5.41 Å². The standard InChI is InChI=1S/C27H27ClFN5O/c1-16-24(6-7-30-26(16)31-20-9-22(28)21-11-25(35)32-23(21)10-20)34-14-27(15-34)12-33(13-27)17(2)18-4-3-5-19(29)8-18/h3-11,17,32,35H,12-15H2,1-2H3,(H,30,31). The van der Waals surface area contributed by atoms with Crippen LogP contribution in [0.3, 0.4) is 0 Å². The smallest absolute Gasteiger partial charge is 0.189 e. The average Bonchev–Trinajstić information content (AvgIpc) is 3.15. The molecule has 1 atom stereocenters. The summed E-state index contributed by atoms with van der Waals surface area (Å²) >= 11 is 6.41. The Hall–Kier alpha value is -3.29. The van der Waals surface area contributed by atoms with Crippen LogP contribution in [-0.4, -0.2) is 46.2 Å². The number of halogens is 2. The van der Waals surface area contributed by atoms with Gasteiger partial charge in [0.05, 0.1) is 10.5 Å². The molecule has 4 aromatic rings. The number of rotatable bonds is 5. The number of pyridine rings is 1. The molecule has 180 valence electrons. The molecule has 0 aliphatic carbocycles. The third-order valence-corrected chi connectivity index (χ3v) is 7.77. The number of aromatic hydroxyl groups is 1. The van der Waals surface area contributed by atoms with Crippen LogP contribution in [0, 0.1) is 18.2 Å². The van der Waals surface area contributed by atoms with E-state index < -0.39 is 0 Å². The van der Waals surface area contributed by atoms with E-state index in [0.717, 1.165) is 59.7 Å². The molecule has 4 heterocycles. The zero-order chi connectivity index (χ0) is 24.3. The van der Waals surface area contributed by atoms with Crippen LogP contribution in [0.15, 0.2) is 54.7 Å². The van der Waals surface area contributed by atoms with Crippen molar-refractivity contribution in [2.75, 3.05) is 36.4 Å². The monoisotopic (exact) mass is 491 g/mol. The van der Waals surface area contributed by atoms with Crippen LogP contribution >= 0.6 is 11.6 Å². The molecule has 0 bridgehead atoms. The molecule has 0 saturated carbocycles. The maximum atomic E-state index is 13.6. The highest BCUT2D eigenvalue weighted by molar-refractivity contribution is 6.35. The Morgan fingerprint density at radius 3 is 2.71 bits per heavy atom. The lowest BCUT2D eigenvalue weighted by Crippen LogP contribution is -2.72. The van der Waals surface area contributed by atoms with Crippen LogP contribution in [0.25, 0.3) is 10.9 Å². The molecule has 6 rings (SSSR count). The highest BCUT2D eigenvalue weighted by Crippen LogP contribution is 2.46. The van der Waals surface area contributed by atoms with Crippen LogP contribution < -0.4 is 10.2 Å². The Balaban J connectivity index is 1.13. The van der Waals surface area contributed by atoms with E-state index in [2.05, 4.69) is 45.0 Å². The summed E-state index contributed by atoms with van der Waals surface area (Å²) < 4.78 is 13.6. The number of hydrogen-bond donors (Lipinski definition) is 3. The van der Waals surface area contributed by atoms with Gasteiger partial charge >= 0.3 is 0 Å². The number of aromatic nitrogens is 2. The first-order valence-electron chi connectivity index (χ1n) is 11.8. The zero-order valence-electron chi connectivity index (χ0n) is 19.6. The molecule has 0 amide bonds. The molecule has 2 aromatic carbocycles. The topological polar surface area (TPSA) is 67.4 Å². The molecule has 1 spiro atoms. The number of likely N-dealkylation sites (tertiary alicyclic amines) is 1. The van der Waals surface area contributed by atoms with Gasteiger partial charge in [-0.3, -0.25) is 4.90 Å². The fourth-order valence-electron chi connectivity index (χ4n) is 5.58. The Kier molecular flexibility index (Phi) is 5.16. The number of H-pyrrole nitrogens is 1. The Labute approximate surface area is 208 Å². The number of benzene rings is 2. The predicted molar refractivity (Wildman–Crippen MR) is 138 cm³/mol. The fraction of sp³-hybridized carbons (Fsp3) is 0.296. The van der Waals surface area contributed by atoms with Crippen LogP contribution in [0.5, 0.6) is 5.88 Å². The van der Waals surface area contributed by atoms with Crippen LogP contribution in [-0.2, 0) is 0 Å². The average molecular weight is 492 g/mol. The van der Waals surface area contributed by atoms with Gasteiger partial charge in [0, 0.05) is 72.2 Å². The van der Waals surface area contributed by atoms with Gasteiger partial charge in [-0.25, -0.2) is 9.37 Å². The van der Waals surface area contributed by atoms with Gasteiger partial charge in [0.1, 0.15) is 11.6 Å². The maximum Gasteiger partial charge on any atom is 0.189 e. The van der Waals surface area contributed by atoms with Crippen molar-refractivity contribution in [3.63, 3.8) is 0 Å². The van der Waals surface area contributed by atoms with Gasteiger partial charge in [-0.05, 0) is 49.7 Å². The molecule has 2 fully saturated rings. The van der Waals surface area contributed by atoms with E-state index in [1.54, 1.807) is 18.2 Å². The van der Waals surface area contributed by atoms with Crippen LogP contribution in [0.1, 0.15) is 24.1 Å². The van der Waals surface area contributed by atoms with E-state index >= 15 is 0 Å². The quantitative estimate of drug-likeness (QED) is 0.319. The molecule has 2 aliphatic heterocycles. The second-order valence-electron chi connectivity index (χ2n) is 9.99. The number of nitrogens with zero attached hydrogens (tertiary/aromatic N) is 3.